The maximum atomic E-state index is 13.3. The Bertz CT molecular complexity index is 853. The van der Waals surface area contributed by atoms with Crippen LogP contribution >= 0.6 is 0 Å². The van der Waals surface area contributed by atoms with Crippen LogP contribution < -0.4 is 4.90 Å². The van der Waals surface area contributed by atoms with E-state index in [0.29, 0.717) is 0 Å². The van der Waals surface area contributed by atoms with Gasteiger partial charge >= 0.3 is 0 Å². The third-order valence-corrected chi connectivity index (χ3v) is 4.46. The van der Waals surface area contributed by atoms with Crippen LogP contribution in [-0.4, -0.2) is 51.2 Å². The highest BCUT2D eigenvalue weighted by molar-refractivity contribution is 5.86. The van der Waals surface area contributed by atoms with E-state index in [1.54, 1.807) is 18.5 Å². The molecule has 0 amide bonds. The Morgan fingerprint density at radius 3 is 2.75 bits per heavy atom. The number of halogens is 1. The standard InChI is InChI=1S/C17H19FN6/c1-12-15-16(22-21-12)17(20-11-19-15)24-7-5-23(6-8-24)10-13-3-2-4-14(18)9-13/h2-4,9,11H,5-8,10H2,1H3,(H,21,22). The summed E-state index contributed by atoms with van der Waals surface area (Å²) in [5.74, 6) is 0.707. The topological polar surface area (TPSA) is 60.9 Å². The molecule has 1 saturated heterocycles. The van der Waals surface area contributed by atoms with E-state index in [2.05, 4.69) is 30.0 Å². The first-order valence-corrected chi connectivity index (χ1v) is 8.08. The Balaban J connectivity index is 1.46. The molecule has 0 atom stereocenters. The van der Waals surface area contributed by atoms with Gasteiger partial charge in [0.25, 0.3) is 0 Å². The van der Waals surface area contributed by atoms with Gasteiger partial charge in [-0.05, 0) is 24.6 Å². The van der Waals surface area contributed by atoms with Crippen molar-refractivity contribution >= 4 is 16.9 Å². The second-order valence-electron chi connectivity index (χ2n) is 6.14. The fraction of sp³-hybridized carbons (Fsp3) is 0.353. The molecule has 0 saturated carbocycles. The second-order valence-corrected chi connectivity index (χ2v) is 6.14. The van der Waals surface area contributed by atoms with Crippen LogP contribution in [0.4, 0.5) is 10.2 Å². The minimum atomic E-state index is -0.177. The van der Waals surface area contributed by atoms with E-state index in [0.717, 1.165) is 60.8 Å². The smallest absolute Gasteiger partial charge is 0.160 e. The lowest BCUT2D eigenvalue weighted by Gasteiger charge is -2.35. The minimum absolute atomic E-state index is 0.177. The second kappa shape index (κ2) is 6.16. The normalized spacial score (nSPS) is 16.0. The SMILES string of the molecule is Cc1[nH]nc2c(N3CCN(Cc4cccc(F)c4)CC3)ncnc12. The van der Waals surface area contributed by atoms with Crippen LogP contribution in [0, 0.1) is 12.7 Å². The summed E-state index contributed by atoms with van der Waals surface area (Å²) in [5, 5.41) is 7.32. The third-order valence-electron chi connectivity index (χ3n) is 4.46. The van der Waals surface area contributed by atoms with E-state index < -0.39 is 0 Å². The highest BCUT2D eigenvalue weighted by atomic mass is 19.1. The summed E-state index contributed by atoms with van der Waals surface area (Å²) in [5.41, 5.74) is 3.67. The van der Waals surface area contributed by atoms with E-state index in [9.17, 15) is 4.39 Å². The number of aryl methyl sites for hydroxylation is 1. The number of anilines is 1. The third kappa shape index (κ3) is 2.82. The highest BCUT2D eigenvalue weighted by Crippen LogP contribution is 2.23. The average molecular weight is 326 g/mol. The number of piperazine rings is 1. The number of hydrogen-bond acceptors (Lipinski definition) is 5. The minimum Gasteiger partial charge on any atom is -0.352 e. The molecule has 7 heteroatoms. The van der Waals surface area contributed by atoms with Crippen molar-refractivity contribution in [2.75, 3.05) is 31.1 Å². The number of H-pyrrole nitrogens is 1. The van der Waals surface area contributed by atoms with Crippen LogP contribution in [0.2, 0.25) is 0 Å². The molecular weight excluding hydrogens is 307 g/mol. The number of fused-ring (bicyclic) bond motifs is 1. The molecule has 124 valence electrons. The van der Waals surface area contributed by atoms with E-state index >= 15 is 0 Å². The summed E-state index contributed by atoms with van der Waals surface area (Å²) in [6, 6.07) is 6.81. The Kier molecular flexibility index (Phi) is 3.86. The molecule has 0 radical (unpaired) electrons. The summed E-state index contributed by atoms with van der Waals surface area (Å²) in [4.78, 5) is 13.3. The Labute approximate surface area is 139 Å². The molecule has 1 fully saturated rings. The molecule has 0 spiro atoms. The number of hydrogen-bond donors (Lipinski definition) is 1. The number of aromatic amines is 1. The van der Waals surface area contributed by atoms with Gasteiger partial charge in [-0.1, -0.05) is 12.1 Å². The van der Waals surface area contributed by atoms with Crippen molar-refractivity contribution in [3.63, 3.8) is 0 Å². The number of aromatic nitrogens is 4. The lowest BCUT2D eigenvalue weighted by molar-refractivity contribution is 0.249. The number of benzene rings is 1. The van der Waals surface area contributed by atoms with Crippen LogP contribution in [0.3, 0.4) is 0 Å². The molecule has 4 rings (SSSR count). The van der Waals surface area contributed by atoms with Crippen molar-refractivity contribution in [2.24, 2.45) is 0 Å². The average Bonchev–Trinajstić information content (AvgIpc) is 2.97. The highest BCUT2D eigenvalue weighted by Gasteiger charge is 2.21. The van der Waals surface area contributed by atoms with Gasteiger partial charge in [0.2, 0.25) is 0 Å². The molecule has 0 aliphatic carbocycles. The number of rotatable bonds is 3. The van der Waals surface area contributed by atoms with E-state index in [-0.39, 0.29) is 5.82 Å². The summed E-state index contributed by atoms with van der Waals surface area (Å²) >= 11 is 0. The first kappa shape index (κ1) is 15.0. The first-order chi connectivity index (χ1) is 11.7. The van der Waals surface area contributed by atoms with Crippen LogP contribution in [0.5, 0.6) is 0 Å². The quantitative estimate of drug-likeness (QED) is 0.799. The van der Waals surface area contributed by atoms with Gasteiger partial charge in [0.05, 0.1) is 5.69 Å². The van der Waals surface area contributed by atoms with E-state index in [1.807, 2.05) is 13.0 Å². The van der Waals surface area contributed by atoms with Gasteiger partial charge < -0.3 is 4.90 Å². The monoisotopic (exact) mass is 326 g/mol. The van der Waals surface area contributed by atoms with Gasteiger partial charge in [0, 0.05) is 32.7 Å². The Morgan fingerprint density at radius 1 is 1.12 bits per heavy atom. The molecule has 0 bridgehead atoms. The van der Waals surface area contributed by atoms with Crippen molar-refractivity contribution in [1.29, 1.82) is 0 Å². The van der Waals surface area contributed by atoms with Gasteiger partial charge in [-0.25, -0.2) is 14.4 Å². The van der Waals surface area contributed by atoms with Gasteiger partial charge in [-0.2, -0.15) is 5.10 Å². The largest absolute Gasteiger partial charge is 0.352 e. The molecule has 1 aliphatic heterocycles. The van der Waals surface area contributed by atoms with Crippen LogP contribution in [0.1, 0.15) is 11.3 Å². The molecule has 6 nitrogen and oxygen atoms in total. The Hall–Kier alpha value is -2.54. The van der Waals surface area contributed by atoms with Crippen LogP contribution in [0.25, 0.3) is 11.0 Å². The molecular formula is C17H19FN6. The summed E-state index contributed by atoms with van der Waals surface area (Å²) in [6.45, 7) is 6.28. The number of nitrogens with zero attached hydrogens (tertiary/aromatic N) is 5. The van der Waals surface area contributed by atoms with Crippen molar-refractivity contribution < 1.29 is 4.39 Å². The molecule has 1 N–H and O–H groups in total. The molecule has 3 aromatic rings. The summed E-state index contributed by atoms with van der Waals surface area (Å²) < 4.78 is 13.3. The van der Waals surface area contributed by atoms with E-state index in [4.69, 9.17) is 0 Å². The molecule has 3 heterocycles. The zero-order valence-electron chi connectivity index (χ0n) is 13.5. The van der Waals surface area contributed by atoms with Crippen molar-refractivity contribution in [3.05, 3.63) is 47.7 Å². The molecule has 1 aromatic carbocycles. The molecule has 24 heavy (non-hydrogen) atoms. The van der Waals surface area contributed by atoms with Crippen molar-refractivity contribution in [3.8, 4) is 0 Å². The van der Waals surface area contributed by atoms with Gasteiger partial charge in [0.1, 0.15) is 17.7 Å². The predicted molar refractivity (Wildman–Crippen MR) is 90.3 cm³/mol. The lowest BCUT2D eigenvalue weighted by Crippen LogP contribution is -2.46. The maximum absolute atomic E-state index is 13.3. The Morgan fingerprint density at radius 2 is 1.96 bits per heavy atom. The summed E-state index contributed by atoms with van der Waals surface area (Å²) in [6.07, 6.45) is 1.60. The van der Waals surface area contributed by atoms with Crippen molar-refractivity contribution in [1.82, 2.24) is 25.1 Å². The number of nitrogens with one attached hydrogen (secondary N) is 1. The zero-order chi connectivity index (χ0) is 16.5. The summed E-state index contributed by atoms with van der Waals surface area (Å²) in [7, 11) is 0. The van der Waals surface area contributed by atoms with Crippen LogP contribution in [-0.2, 0) is 6.54 Å². The molecule has 2 aromatic heterocycles. The fourth-order valence-electron chi connectivity index (χ4n) is 3.18. The lowest BCUT2D eigenvalue weighted by atomic mass is 10.2. The molecule has 1 aliphatic rings. The first-order valence-electron chi connectivity index (χ1n) is 8.08. The molecule has 0 unspecified atom stereocenters. The van der Waals surface area contributed by atoms with Gasteiger partial charge in [-0.15, -0.1) is 0 Å². The maximum Gasteiger partial charge on any atom is 0.160 e. The fourth-order valence-corrected chi connectivity index (χ4v) is 3.18. The zero-order valence-corrected chi connectivity index (χ0v) is 13.5. The van der Waals surface area contributed by atoms with E-state index in [1.165, 1.54) is 6.07 Å². The van der Waals surface area contributed by atoms with Gasteiger partial charge in [0.15, 0.2) is 11.3 Å². The van der Waals surface area contributed by atoms with Crippen molar-refractivity contribution in [2.45, 2.75) is 13.5 Å². The predicted octanol–water partition coefficient (Wildman–Crippen LogP) is 2.12. The van der Waals surface area contributed by atoms with Gasteiger partial charge in [-0.3, -0.25) is 10.00 Å². The van der Waals surface area contributed by atoms with Crippen LogP contribution in [0.15, 0.2) is 30.6 Å².